The van der Waals surface area contributed by atoms with Gasteiger partial charge in [-0.25, -0.2) is 14.4 Å². The molecule has 3 atom stereocenters. The minimum atomic E-state index is -4.33. The Balaban J connectivity index is 1.29. The molecule has 2 aliphatic rings. The van der Waals surface area contributed by atoms with Crippen LogP contribution in [0.4, 0.5) is 33.5 Å². The van der Waals surface area contributed by atoms with E-state index in [1.807, 2.05) is 11.8 Å². The molecule has 0 aliphatic carbocycles. The molecule has 2 bridgehead atoms. The number of aromatic hydroxyl groups is 1. The molecule has 2 saturated heterocycles. The fraction of sp³-hybridized carbons (Fsp3) is 0.367. The minimum Gasteiger partial charge on any atom is -0.504 e. The third kappa shape index (κ3) is 5.91. The summed E-state index contributed by atoms with van der Waals surface area (Å²) in [6.45, 7) is 1.02. The maximum absolute atomic E-state index is 15.1. The highest BCUT2D eigenvalue weighted by atomic mass is 35.5. The van der Waals surface area contributed by atoms with Crippen molar-refractivity contribution in [2.45, 2.75) is 38.1 Å². The highest BCUT2D eigenvalue weighted by Crippen LogP contribution is 2.39. The molecule has 4 aromatic rings. The Bertz CT molecular complexity index is 2030. The normalized spacial score (nSPS) is 19.7. The number of carbonyl (C=O) groups is 2. The van der Waals surface area contributed by atoms with Gasteiger partial charge in [0.15, 0.2) is 11.6 Å². The molecular formula is C30H28ClF5N8O4. The van der Waals surface area contributed by atoms with Gasteiger partial charge in [-0.1, -0.05) is 18.5 Å². The molecule has 48 heavy (non-hydrogen) atoms. The van der Waals surface area contributed by atoms with Gasteiger partial charge in [0.05, 0.1) is 40.7 Å². The van der Waals surface area contributed by atoms with Crippen LogP contribution in [-0.2, 0) is 18.4 Å². The second-order valence-corrected chi connectivity index (χ2v) is 12.4. The van der Waals surface area contributed by atoms with E-state index in [9.17, 15) is 37.1 Å². The molecule has 0 unspecified atom stereocenters. The van der Waals surface area contributed by atoms with Crippen molar-refractivity contribution in [1.82, 2.24) is 24.0 Å². The Morgan fingerprint density at radius 1 is 1.15 bits per heavy atom. The Morgan fingerprint density at radius 3 is 2.54 bits per heavy atom. The van der Waals surface area contributed by atoms with Gasteiger partial charge in [0.1, 0.15) is 18.0 Å². The number of fused-ring (bicyclic) bond motifs is 3. The van der Waals surface area contributed by atoms with Crippen LogP contribution in [0, 0.1) is 17.6 Å². The van der Waals surface area contributed by atoms with Gasteiger partial charge in [0.25, 0.3) is 11.5 Å². The molecule has 6 rings (SSSR count). The highest BCUT2D eigenvalue weighted by Gasteiger charge is 2.48. The molecule has 18 heteroatoms. The maximum Gasteiger partial charge on any atom is 0.401 e. The van der Waals surface area contributed by atoms with Crippen LogP contribution in [0.3, 0.4) is 0 Å². The summed E-state index contributed by atoms with van der Waals surface area (Å²) >= 11 is 6.35. The lowest BCUT2D eigenvalue weighted by atomic mass is 10.0. The Hall–Kier alpha value is -4.77. The number of hydrogen-bond acceptors (Lipinski definition) is 8. The van der Waals surface area contributed by atoms with E-state index >= 15 is 4.39 Å². The summed E-state index contributed by atoms with van der Waals surface area (Å²) in [5.74, 6) is -6.09. The summed E-state index contributed by atoms with van der Waals surface area (Å²) in [6.07, 6.45) is -0.0707. The van der Waals surface area contributed by atoms with Gasteiger partial charge < -0.3 is 30.2 Å². The van der Waals surface area contributed by atoms with Crippen molar-refractivity contribution in [2.75, 3.05) is 29.9 Å². The van der Waals surface area contributed by atoms with E-state index in [1.54, 1.807) is 0 Å². The number of aromatic nitrogens is 4. The number of carbonyl (C=O) groups excluding carboxylic acids is 2. The number of phenols is 1. The van der Waals surface area contributed by atoms with Crippen molar-refractivity contribution in [3.05, 3.63) is 63.4 Å². The van der Waals surface area contributed by atoms with Crippen molar-refractivity contribution in [3.63, 3.8) is 0 Å². The zero-order valence-electron chi connectivity index (χ0n) is 25.4. The van der Waals surface area contributed by atoms with Crippen molar-refractivity contribution < 1.29 is 36.6 Å². The number of amides is 2. The van der Waals surface area contributed by atoms with E-state index in [2.05, 4.69) is 15.3 Å². The average molecular weight is 695 g/mol. The van der Waals surface area contributed by atoms with E-state index in [1.165, 1.54) is 41.3 Å². The molecular weight excluding hydrogens is 667 g/mol. The molecule has 0 radical (unpaired) electrons. The highest BCUT2D eigenvalue weighted by molar-refractivity contribution is 6.33. The van der Waals surface area contributed by atoms with Gasteiger partial charge >= 0.3 is 6.18 Å². The number of primary amides is 1. The standard InChI is InChI=1S/C30H28ClF5N8O4/c1-13-3-14-7-42(9-20(13)44(14)11-30(34,35)36)21-5-19(18(31)6-38-21)40-22(45)10-43-8-17(23-28(43)39-12-41(2)29(23)48)15-4-16(27(37)47)26(46)25(33)24(15)32/h4-6,8,12-14,20,46H,3,7,9-11H2,1-2H3,(H2,37,47)(H,38,40,45)/t13-,14+,20+/m0/s1. The van der Waals surface area contributed by atoms with Crippen LogP contribution in [0.1, 0.15) is 23.7 Å². The number of nitrogens with one attached hydrogen (secondary N) is 1. The van der Waals surface area contributed by atoms with Crippen LogP contribution < -0.4 is 21.5 Å². The first-order valence-electron chi connectivity index (χ1n) is 14.6. The van der Waals surface area contributed by atoms with Gasteiger partial charge in [-0.3, -0.25) is 19.3 Å². The molecule has 2 amide bonds. The molecule has 1 aromatic carbocycles. The fourth-order valence-electron chi connectivity index (χ4n) is 6.61. The predicted octanol–water partition coefficient (Wildman–Crippen LogP) is 3.63. The van der Waals surface area contributed by atoms with Gasteiger partial charge in [0.2, 0.25) is 11.7 Å². The van der Waals surface area contributed by atoms with E-state index in [0.29, 0.717) is 25.3 Å². The topological polar surface area (TPSA) is 152 Å². The summed E-state index contributed by atoms with van der Waals surface area (Å²) in [5.41, 5.74) is 3.11. The predicted molar refractivity (Wildman–Crippen MR) is 165 cm³/mol. The number of piperazine rings is 1. The van der Waals surface area contributed by atoms with Gasteiger partial charge in [-0.05, 0) is 18.4 Å². The lowest BCUT2D eigenvalue weighted by molar-refractivity contribution is -0.153. The summed E-state index contributed by atoms with van der Waals surface area (Å²) in [7, 11) is 1.37. The summed E-state index contributed by atoms with van der Waals surface area (Å²) in [4.78, 5) is 50.2. The quantitative estimate of drug-likeness (QED) is 0.248. The van der Waals surface area contributed by atoms with Crippen LogP contribution >= 0.6 is 11.6 Å². The SMILES string of the molecule is C[C@H]1C[C@@H]2CN(c3cc(NC(=O)Cn4cc(-c5cc(C(N)=O)c(O)c(F)c5F)c5c(=O)n(C)cnc54)c(Cl)cn3)C[C@H]1N2CC(F)(F)F. The molecule has 12 nitrogen and oxygen atoms in total. The van der Waals surface area contributed by atoms with Crippen LogP contribution in [0.2, 0.25) is 5.02 Å². The number of aryl methyl sites for hydroxylation is 1. The minimum absolute atomic E-state index is 0.0365. The number of nitrogens with two attached hydrogens (primary N) is 1. The van der Waals surface area contributed by atoms with Gasteiger partial charge in [-0.2, -0.15) is 17.6 Å². The third-order valence-electron chi connectivity index (χ3n) is 8.82. The number of rotatable bonds is 7. The molecule has 2 fully saturated rings. The second-order valence-electron chi connectivity index (χ2n) is 12.0. The van der Waals surface area contributed by atoms with Crippen LogP contribution in [0.15, 0.2) is 35.6 Å². The van der Waals surface area contributed by atoms with E-state index in [4.69, 9.17) is 17.3 Å². The first-order valence-corrected chi connectivity index (χ1v) is 15.0. The van der Waals surface area contributed by atoms with Crippen LogP contribution in [0.25, 0.3) is 22.2 Å². The van der Waals surface area contributed by atoms with Gasteiger partial charge in [-0.15, -0.1) is 0 Å². The Labute approximate surface area is 273 Å². The zero-order chi connectivity index (χ0) is 34.8. The number of alkyl halides is 3. The largest absolute Gasteiger partial charge is 0.504 e. The number of halogens is 6. The van der Waals surface area contributed by atoms with Gasteiger partial charge in [0, 0.05) is 55.6 Å². The monoisotopic (exact) mass is 694 g/mol. The number of anilines is 2. The fourth-order valence-corrected chi connectivity index (χ4v) is 6.76. The van der Waals surface area contributed by atoms with Crippen molar-refractivity contribution in [2.24, 2.45) is 18.7 Å². The molecule has 3 aromatic heterocycles. The number of pyridine rings is 1. The van der Waals surface area contributed by atoms with E-state index in [-0.39, 0.29) is 45.3 Å². The Kier molecular flexibility index (Phi) is 8.31. The first kappa shape index (κ1) is 33.1. The molecule has 5 heterocycles. The van der Waals surface area contributed by atoms with Crippen molar-refractivity contribution >= 4 is 46.0 Å². The second kappa shape index (κ2) is 12.0. The zero-order valence-corrected chi connectivity index (χ0v) is 26.1. The summed E-state index contributed by atoms with van der Waals surface area (Å²) in [5, 5.41) is 12.4. The van der Waals surface area contributed by atoms with Crippen molar-refractivity contribution in [1.29, 1.82) is 0 Å². The number of nitrogens with zero attached hydrogens (tertiary/aromatic N) is 6. The number of hydrogen-bond donors (Lipinski definition) is 3. The van der Waals surface area contributed by atoms with Crippen LogP contribution in [0.5, 0.6) is 5.75 Å². The molecule has 254 valence electrons. The smallest absolute Gasteiger partial charge is 0.401 e. The lowest BCUT2D eigenvalue weighted by Crippen LogP contribution is -2.57. The maximum atomic E-state index is 15.1. The molecule has 0 spiro atoms. The number of benzene rings is 1. The van der Waals surface area contributed by atoms with Crippen molar-refractivity contribution in [3.8, 4) is 16.9 Å². The Morgan fingerprint density at radius 2 is 1.88 bits per heavy atom. The summed E-state index contributed by atoms with van der Waals surface area (Å²) < 4.78 is 71.8. The van der Waals surface area contributed by atoms with E-state index < -0.39 is 65.2 Å². The molecule has 0 saturated carbocycles. The third-order valence-corrected chi connectivity index (χ3v) is 9.12. The van der Waals surface area contributed by atoms with E-state index in [0.717, 1.165) is 10.6 Å². The van der Waals surface area contributed by atoms with Crippen LogP contribution in [-0.4, -0.2) is 78.8 Å². The lowest BCUT2D eigenvalue weighted by Gasteiger charge is -2.42. The summed E-state index contributed by atoms with van der Waals surface area (Å²) in [6, 6.07) is 1.63. The molecule has 2 aliphatic heterocycles. The molecule has 4 N–H and O–H groups in total. The average Bonchev–Trinajstić information content (AvgIpc) is 3.43. The first-order chi connectivity index (χ1) is 22.5.